The van der Waals surface area contributed by atoms with Gasteiger partial charge in [-0.25, -0.2) is 9.37 Å². The molecule has 0 saturated carbocycles. The lowest BCUT2D eigenvalue weighted by molar-refractivity contribution is 0.00906. The number of halogens is 1. The lowest BCUT2D eigenvalue weighted by Gasteiger charge is -2.22. The zero-order valence-electron chi connectivity index (χ0n) is 10.8. The van der Waals surface area contributed by atoms with E-state index in [4.69, 9.17) is 10.5 Å². The summed E-state index contributed by atoms with van der Waals surface area (Å²) in [5, 5.41) is 0. The van der Waals surface area contributed by atoms with Crippen LogP contribution >= 0.6 is 0 Å². The number of fused-ring (bicyclic) bond motifs is 1. The highest BCUT2D eigenvalue weighted by Gasteiger charge is 2.15. The van der Waals surface area contributed by atoms with Crippen molar-refractivity contribution in [2.24, 2.45) is 0 Å². The lowest BCUT2D eigenvalue weighted by Crippen LogP contribution is -2.21. The van der Waals surface area contributed by atoms with Gasteiger partial charge in [0, 0.05) is 13.2 Å². The molecule has 1 aliphatic heterocycles. The van der Waals surface area contributed by atoms with Crippen LogP contribution in [0.25, 0.3) is 11.0 Å². The molecule has 2 heterocycles. The predicted octanol–water partition coefficient (Wildman–Crippen LogP) is 2.72. The van der Waals surface area contributed by atoms with Gasteiger partial charge in [-0.3, -0.25) is 0 Å². The van der Waals surface area contributed by atoms with Gasteiger partial charge >= 0.3 is 0 Å². The highest BCUT2D eigenvalue weighted by Crippen LogP contribution is 2.22. The summed E-state index contributed by atoms with van der Waals surface area (Å²) in [6.45, 7) is 1.57. The molecule has 0 radical (unpaired) electrons. The summed E-state index contributed by atoms with van der Waals surface area (Å²) in [4.78, 5) is 4.25. The van der Waals surface area contributed by atoms with Crippen LogP contribution in [0.2, 0.25) is 0 Å². The summed E-state index contributed by atoms with van der Waals surface area (Å²) in [7, 11) is 0. The Labute approximate surface area is 111 Å². The second-order valence-corrected chi connectivity index (χ2v) is 5.03. The number of nitrogens with two attached hydrogens (primary N) is 1. The van der Waals surface area contributed by atoms with Gasteiger partial charge in [0.2, 0.25) is 5.95 Å². The van der Waals surface area contributed by atoms with Crippen molar-refractivity contribution in [2.45, 2.75) is 38.3 Å². The molecule has 1 aromatic carbocycles. The maximum Gasteiger partial charge on any atom is 0.201 e. The maximum absolute atomic E-state index is 13.3. The SMILES string of the molecule is Nc1nc2ccc(F)cc2n1CCC1CCCCO1. The molecule has 5 heteroatoms. The van der Waals surface area contributed by atoms with Crippen LogP contribution in [-0.2, 0) is 11.3 Å². The van der Waals surface area contributed by atoms with E-state index in [-0.39, 0.29) is 5.82 Å². The van der Waals surface area contributed by atoms with Gasteiger partial charge in [-0.05, 0) is 43.9 Å². The molecule has 1 saturated heterocycles. The Morgan fingerprint density at radius 2 is 2.32 bits per heavy atom. The summed E-state index contributed by atoms with van der Waals surface area (Å²) in [5.41, 5.74) is 7.40. The Hall–Kier alpha value is -1.62. The summed E-state index contributed by atoms with van der Waals surface area (Å²) in [6.07, 6.45) is 4.66. The van der Waals surface area contributed by atoms with Gasteiger partial charge in [0.25, 0.3) is 0 Å². The smallest absolute Gasteiger partial charge is 0.201 e. The second kappa shape index (κ2) is 5.17. The lowest BCUT2D eigenvalue weighted by atomic mass is 10.1. The Morgan fingerprint density at radius 1 is 1.42 bits per heavy atom. The molecule has 0 aliphatic carbocycles. The number of ether oxygens (including phenoxy) is 1. The third kappa shape index (κ3) is 2.56. The summed E-state index contributed by atoms with van der Waals surface area (Å²) < 4.78 is 20.9. The molecule has 1 aliphatic rings. The van der Waals surface area contributed by atoms with Crippen molar-refractivity contribution in [3.05, 3.63) is 24.0 Å². The Morgan fingerprint density at radius 3 is 3.11 bits per heavy atom. The van der Waals surface area contributed by atoms with E-state index in [1.807, 2.05) is 4.57 Å². The summed E-state index contributed by atoms with van der Waals surface area (Å²) >= 11 is 0. The minimum absolute atomic E-state index is 0.262. The molecule has 3 rings (SSSR count). The summed E-state index contributed by atoms with van der Waals surface area (Å²) in [5.74, 6) is 0.180. The Bertz CT molecular complexity index is 575. The predicted molar refractivity (Wildman–Crippen MR) is 72.3 cm³/mol. The van der Waals surface area contributed by atoms with Gasteiger partial charge in [0.15, 0.2) is 0 Å². The van der Waals surface area contributed by atoms with Gasteiger partial charge in [0.05, 0.1) is 17.1 Å². The first-order valence-corrected chi connectivity index (χ1v) is 6.77. The first-order chi connectivity index (χ1) is 9.24. The van der Waals surface area contributed by atoms with Gasteiger partial charge < -0.3 is 15.0 Å². The van der Waals surface area contributed by atoms with Gasteiger partial charge in [-0.15, -0.1) is 0 Å². The second-order valence-electron chi connectivity index (χ2n) is 5.03. The topological polar surface area (TPSA) is 53.1 Å². The zero-order valence-corrected chi connectivity index (χ0v) is 10.8. The third-order valence-electron chi connectivity index (χ3n) is 3.69. The van der Waals surface area contributed by atoms with E-state index in [2.05, 4.69) is 4.98 Å². The van der Waals surface area contributed by atoms with Crippen LogP contribution in [0.15, 0.2) is 18.2 Å². The zero-order chi connectivity index (χ0) is 13.2. The van der Waals surface area contributed by atoms with Crippen LogP contribution in [0.4, 0.5) is 10.3 Å². The van der Waals surface area contributed by atoms with Crippen molar-refractivity contribution in [1.82, 2.24) is 9.55 Å². The molecule has 0 bridgehead atoms. The molecule has 19 heavy (non-hydrogen) atoms. The normalized spacial score (nSPS) is 19.9. The number of rotatable bonds is 3. The van der Waals surface area contributed by atoms with E-state index in [0.29, 0.717) is 12.1 Å². The number of aromatic nitrogens is 2. The number of benzene rings is 1. The Kier molecular flexibility index (Phi) is 3.38. The molecule has 1 unspecified atom stereocenters. The van der Waals surface area contributed by atoms with Crippen LogP contribution in [0.3, 0.4) is 0 Å². The minimum atomic E-state index is -0.262. The fourth-order valence-electron chi connectivity index (χ4n) is 2.66. The highest BCUT2D eigenvalue weighted by atomic mass is 19.1. The fourth-order valence-corrected chi connectivity index (χ4v) is 2.66. The van der Waals surface area contributed by atoms with Crippen LogP contribution in [0.5, 0.6) is 0 Å². The summed E-state index contributed by atoms with van der Waals surface area (Å²) in [6, 6.07) is 4.55. The van der Waals surface area contributed by atoms with Crippen LogP contribution in [0.1, 0.15) is 25.7 Å². The first-order valence-electron chi connectivity index (χ1n) is 6.77. The Balaban J connectivity index is 1.79. The molecule has 0 spiro atoms. The molecular formula is C14H18FN3O. The highest BCUT2D eigenvalue weighted by molar-refractivity contribution is 5.78. The molecule has 1 fully saturated rings. The number of nitrogens with zero attached hydrogens (tertiary/aromatic N) is 2. The first kappa shape index (κ1) is 12.4. The van der Waals surface area contributed by atoms with Crippen molar-refractivity contribution in [1.29, 1.82) is 0 Å². The quantitative estimate of drug-likeness (QED) is 0.926. The molecule has 1 atom stereocenters. The average molecular weight is 263 g/mol. The van der Waals surface area contributed by atoms with Crippen LogP contribution in [0, 0.1) is 5.82 Å². The number of hydrogen-bond acceptors (Lipinski definition) is 3. The van der Waals surface area contributed by atoms with Crippen LogP contribution in [-0.4, -0.2) is 22.3 Å². The molecule has 102 valence electrons. The van der Waals surface area contributed by atoms with Gasteiger partial charge in [-0.2, -0.15) is 0 Å². The largest absolute Gasteiger partial charge is 0.378 e. The van der Waals surface area contributed by atoms with Crippen LogP contribution < -0.4 is 5.73 Å². The average Bonchev–Trinajstić information content (AvgIpc) is 2.73. The molecular weight excluding hydrogens is 245 g/mol. The molecule has 0 amide bonds. The van der Waals surface area contributed by atoms with E-state index < -0.39 is 0 Å². The van der Waals surface area contributed by atoms with E-state index >= 15 is 0 Å². The van der Waals surface area contributed by atoms with Crippen molar-refractivity contribution < 1.29 is 9.13 Å². The minimum Gasteiger partial charge on any atom is -0.378 e. The fraction of sp³-hybridized carbons (Fsp3) is 0.500. The molecule has 4 nitrogen and oxygen atoms in total. The van der Waals surface area contributed by atoms with Crippen molar-refractivity contribution >= 4 is 17.0 Å². The van der Waals surface area contributed by atoms with E-state index in [1.165, 1.54) is 18.6 Å². The molecule has 1 aromatic heterocycles. The van der Waals surface area contributed by atoms with Crippen molar-refractivity contribution in [3.63, 3.8) is 0 Å². The van der Waals surface area contributed by atoms with E-state index in [0.717, 1.165) is 43.4 Å². The van der Waals surface area contributed by atoms with Gasteiger partial charge in [0.1, 0.15) is 5.82 Å². The van der Waals surface area contributed by atoms with Gasteiger partial charge in [-0.1, -0.05) is 0 Å². The number of imidazole rings is 1. The molecule has 2 N–H and O–H groups in total. The third-order valence-corrected chi connectivity index (χ3v) is 3.69. The number of hydrogen-bond donors (Lipinski definition) is 1. The number of nitrogen functional groups attached to an aromatic ring is 1. The standard InChI is InChI=1S/C14H18FN3O/c15-10-4-5-12-13(9-10)18(14(16)17-12)7-6-11-3-1-2-8-19-11/h4-5,9,11H,1-3,6-8H2,(H2,16,17). The number of anilines is 1. The molecule has 2 aromatic rings. The van der Waals surface area contributed by atoms with E-state index in [9.17, 15) is 4.39 Å². The maximum atomic E-state index is 13.3. The van der Waals surface area contributed by atoms with E-state index in [1.54, 1.807) is 6.07 Å². The number of aryl methyl sites for hydroxylation is 1. The monoisotopic (exact) mass is 263 g/mol. The van der Waals surface area contributed by atoms with Crippen molar-refractivity contribution in [2.75, 3.05) is 12.3 Å². The van der Waals surface area contributed by atoms with Crippen molar-refractivity contribution in [3.8, 4) is 0 Å².